The molecule has 0 saturated heterocycles. The first-order valence-corrected chi connectivity index (χ1v) is 6.18. The zero-order valence-electron chi connectivity index (χ0n) is 10.7. The maximum absolute atomic E-state index is 13.0. The summed E-state index contributed by atoms with van der Waals surface area (Å²) in [5.41, 5.74) is 5.53. The molecule has 2 rings (SSSR count). The van der Waals surface area contributed by atoms with Gasteiger partial charge in [-0.2, -0.15) is 0 Å². The summed E-state index contributed by atoms with van der Waals surface area (Å²) in [4.78, 5) is 11.8. The highest BCUT2D eigenvalue weighted by Crippen LogP contribution is 2.18. The minimum absolute atomic E-state index is 0. The van der Waals surface area contributed by atoms with Crippen LogP contribution < -0.4 is 11.1 Å². The summed E-state index contributed by atoms with van der Waals surface area (Å²) in [7, 11) is 0. The molecule has 0 atom stereocenters. The standard InChI is InChI=1S/C13H15F3N2O.ClH/c14-10-5-7(6-11(15)12(10)16)13(19)18-9-3-1-8(17)2-4-9;/h5-6,8-9H,1-4,17H2,(H,18,19);1H. The van der Waals surface area contributed by atoms with Gasteiger partial charge < -0.3 is 11.1 Å². The van der Waals surface area contributed by atoms with Gasteiger partial charge in [-0.3, -0.25) is 4.79 Å². The molecular weight excluding hydrogens is 293 g/mol. The fourth-order valence-corrected chi connectivity index (χ4v) is 2.22. The van der Waals surface area contributed by atoms with Gasteiger partial charge in [-0.05, 0) is 37.8 Å². The van der Waals surface area contributed by atoms with E-state index in [-0.39, 0.29) is 30.1 Å². The summed E-state index contributed by atoms with van der Waals surface area (Å²) in [6.07, 6.45) is 3.08. The number of hydrogen-bond acceptors (Lipinski definition) is 2. The Kier molecular flexibility index (Phi) is 5.83. The Balaban J connectivity index is 0.00000200. The monoisotopic (exact) mass is 308 g/mol. The molecule has 1 fully saturated rings. The summed E-state index contributed by atoms with van der Waals surface area (Å²) in [5, 5.41) is 2.68. The Labute approximate surface area is 121 Å². The molecule has 20 heavy (non-hydrogen) atoms. The quantitative estimate of drug-likeness (QED) is 0.825. The lowest BCUT2D eigenvalue weighted by Gasteiger charge is -2.26. The van der Waals surface area contributed by atoms with E-state index < -0.39 is 23.4 Å². The first-order valence-electron chi connectivity index (χ1n) is 6.18. The first-order chi connectivity index (χ1) is 8.97. The molecule has 0 aliphatic heterocycles. The van der Waals surface area contributed by atoms with Gasteiger partial charge in [-0.1, -0.05) is 0 Å². The third-order valence-electron chi connectivity index (χ3n) is 3.35. The van der Waals surface area contributed by atoms with Gasteiger partial charge in [0.1, 0.15) is 0 Å². The van der Waals surface area contributed by atoms with Crippen LogP contribution in [-0.4, -0.2) is 18.0 Å². The molecule has 1 aliphatic rings. The molecule has 0 bridgehead atoms. The lowest BCUT2D eigenvalue weighted by atomic mass is 9.91. The number of rotatable bonds is 2. The number of carbonyl (C=O) groups excluding carboxylic acids is 1. The smallest absolute Gasteiger partial charge is 0.251 e. The third kappa shape index (κ3) is 3.86. The molecule has 1 aromatic rings. The van der Waals surface area contributed by atoms with Crippen molar-refractivity contribution < 1.29 is 18.0 Å². The number of benzene rings is 1. The van der Waals surface area contributed by atoms with Crippen LogP contribution in [0.4, 0.5) is 13.2 Å². The zero-order chi connectivity index (χ0) is 14.0. The van der Waals surface area contributed by atoms with E-state index >= 15 is 0 Å². The molecule has 1 amide bonds. The minimum atomic E-state index is -1.57. The molecule has 1 aliphatic carbocycles. The van der Waals surface area contributed by atoms with Crippen LogP contribution in [0.2, 0.25) is 0 Å². The molecule has 7 heteroatoms. The maximum Gasteiger partial charge on any atom is 0.251 e. The topological polar surface area (TPSA) is 55.1 Å². The average molecular weight is 309 g/mol. The van der Waals surface area contributed by atoms with Crippen LogP contribution in [0.15, 0.2) is 12.1 Å². The van der Waals surface area contributed by atoms with Gasteiger partial charge in [0.25, 0.3) is 5.91 Å². The molecule has 0 spiro atoms. The van der Waals surface area contributed by atoms with E-state index in [9.17, 15) is 18.0 Å². The van der Waals surface area contributed by atoms with Crippen molar-refractivity contribution in [3.8, 4) is 0 Å². The molecule has 0 radical (unpaired) electrons. The lowest BCUT2D eigenvalue weighted by molar-refractivity contribution is 0.0924. The van der Waals surface area contributed by atoms with Gasteiger partial charge in [0, 0.05) is 17.6 Å². The van der Waals surface area contributed by atoms with E-state index in [0.717, 1.165) is 25.7 Å². The molecule has 0 heterocycles. The minimum Gasteiger partial charge on any atom is -0.349 e. The van der Waals surface area contributed by atoms with E-state index in [1.54, 1.807) is 0 Å². The molecule has 1 saturated carbocycles. The number of amides is 1. The van der Waals surface area contributed by atoms with Gasteiger partial charge in [0.05, 0.1) is 0 Å². The van der Waals surface area contributed by atoms with Crippen LogP contribution in [0.25, 0.3) is 0 Å². The lowest BCUT2D eigenvalue weighted by Crippen LogP contribution is -2.40. The first kappa shape index (κ1) is 16.8. The van der Waals surface area contributed by atoms with Crippen LogP contribution in [0.5, 0.6) is 0 Å². The molecule has 3 nitrogen and oxygen atoms in total. The van der Waals surface area contributed by atoms with Gasteiger partial charge in [0.2, 0.25) is 0 Å². The van der Waals surface area contributed by atoms with Gasteiger partial charge in [-0.15, -0.1) is 12.4 Å². The van der Waals surface area contributed by atoms with Crippen LogP contribution in [0.1, 0.15) is 36.0 Å². The van der Waals surface area contributed by atoms with Crippen molar-refractivity contribution in [2.75, 3.05) is 0 Å². The highest BCUT2D eigenvalue weighted by molar-refractivity contribution is 5.94. The largest absolute Gasteiger partial charge is 0.349 e. The SMILES string of the molecule is Cl.NC1CCC(NC(=O)c2cc(F)c(F)c(F)c2)CC1. The summed E-state index contributed by atoms with van der Waals surface area (Å²) < 4.78 is 38.8. The Morgan fingerprint density at radius 2 is 1.60 bits per heavy atom. The van der Waals surface area contributed by atoms with Crippen LogP contribution in [0, 0.1) is 17.5 Å². The van der Waals surface area contributed by atoms with Crippen LogP contribution in [0.3, 0.4) is 0 Å². The third-order valence-corrected chi connectivity index (χ3v) is 3.35. The van der Waals surface area contributed by atoms with Crippen molar-refractivity contribution in [2.45, 2.75) is 37.8 Å². The van der Waals surface area contributed by atoms with Gasteiger partial charge in [-0.25, -0.2) is 13.2 Å². The Morgan fingerprint density at radius 3 is 2.10 bits per heavy atom. The van der Waals surface area contributed by atoms with Crippen molar-refractivity contribution in [3.05, 3.63) is 35.1 Å². The zero-order valence-corrected chi connectivity index (χ0v) is 11.5. The van der Waals surface area contributed by atoms with E-state index in [1.165, 1.54) is 0 Å². The fraction of sp³-hybridized carbons (Fsp3) is 0.462. The molecule has 0 aromatic heterocycles. The summed E-state index contributed by atoms with van der Waals surface area (Å²) in [6.45, 7) is 0. The predicted molar refractivity (Wildman–Crippen MR) is 71.3 cm³/mol. The van der Waals surface area contributed by atoms with E-state index in [1.807, 2.05) is 0 Å². The van der Waals surface area contributed by atoms with Crippen molar-refractivity contribution in [1.82, 2.24) is 5.32 Å². The number of hydrogen-bond donors (Lipinski definition) is 2. The fourth-order valence-electron chi connectivity index (χ4n) is 2.22. The number of carbonyl (C=O) groups is 1. The molecule has 0 unspecified atom stereocenters. The predicted octanol–water partition coefficient (Wildman–Crippen LogP) is 2.53. The molecule has 1 aromatic carbocycles. The maximum atomic E-state index is 13.0. The summed E-state index contributed by atoms with van der Waals surface area (Å²) in [6, 6.07) is 1.49. The highest BCUT2D eigenvalue weighted by atomic mass is 35.5. The van der Waals surface area contributed by atoms with Crippen LogP contribution >= 0.6 is 12.4 Å². The number of nitrogens with two attached hydrogens (primary N) is 1. The molecule has 112 valence electrons. The Bertz CT molecular complexity index is 467. The van der Waals surface area contributed by atoms with E-state index in [2.05, 4.69) is 5.32 Å². The molecule has 3 N–H and O–H groups in total. The Morgan fingerprint density at radius 1 is 1.10 bits per heavy atom. The second-order valence-electron chi connectivity index (χ2n) is 4.84. The average Bonchev–Trinajstić information content (AvgIpc) is 2.38. The van der Waals surface area contributed by atoms with Crippen molar-refractivity contribution in [1.29, 1.82) is 0 Å². The van der Waals surface area contributed by atoms with Crippen LogP contribution in [-0.2, 0) is 0 Å². The molecular formula is C13H16ClF3N2O. The summed E-state index contributed by atoms with van der Waals surface area (Å²) >= 11 is 0. The second kappa shape index (κ2) is 6.95. The Hall–Kier alpha value is -1.27. The van der Waals surface area contributed by atoms with Crippen molar-refractivity contribution in [2.24, 2.45) is 5.73 Å². The second-order valence-corrected chi connectivity index (χ2v) is 4.84. The highest BCUT2D eigenvalue weighted by Gasteiger charge is 2.22. The van der Waals surface area contributed by atoms with Crippen molar-refractivity contribution >= 4 is 18.3 Å². The van der Waals surface area contributed by atoms with Gasteiger partial charge in [0.15, 0.2) is 17.5 Å². The van der Waals surface area contributed by atoms with E-state index in [4.69, 9.17) is 5.73 Å². The summed E-state index contributed by atoms with van der Waals surface area (Å²) in [5.74, 6) is -4.90. The van der Waals surface area contributed by atoms with E-state index in [0.29, 0.717) is 12.1 Å². The number of nitrogens with one attached hydrogen (secondary N) is 1. The number of halogens is 4. The van der Waals surface area contributed by atoms with Crippen molar-refractivity contribution in [3.63, 3.8) is 0 Å². The van der Waals surface area contributed by atoms with Gasteiger partial charge >= 0.3 is 0 Å². The normalized spacial score (nSPS) is 22.0.